The molecule has 0 fully saturated rings. The summed E-state index contributed by atoms with van der Waals surface area (Å²) in [6.45, 7) is 2.19. The molecule has 3 rings (SSSR count). The maximum atomic E-state index is 2.35. The third-order valence-electron chi connectivity index (χ3n) is 3.61. The van der Waals surface area contributed by atoms with Crippen molar-refractivity contribution in [2.45, 2.75) is 45.4 Å². The molecule has 0 bridgehead atoms. The summed E-state index contributed by atoms with van der Waals surface area (Å²) >= 11 is 2.04. The average molecular weight is 230 g/mol. The highest BCUT2D eigenvalue weighted by atomic mass is 32.1. The highest BCUT2D eigenvalue weighted by Gasteiger charge is 2.13. The smallest absolute Gasteiger partial charge is 0.0351 e. The molecule has 1 aromatic heterocycles. The molecule has 0 aliphatic heterocycles. The lowest BCUT2D eigenvalue weighted by Crippen LogP contribution is -1.95. The van der Waals surface area contributed by atoms with Gasteiger partial charge in [0.25, 0.3) is 0 Å². The van der Waals surface area contributed by atoms with Crippen molar-refractivity contribution in [2.75, 3.05) is 0 Å². The largest absolute Gasteiger partial charge is 0.140 e. The standard InChI is InChI=1S/C15H18S/c1-11-8-9-13-12-6-4-2-3-5-7-14(12)16-15(13)10-11/h8-10H,2-7H2,1H3. The van der Waals surface area contributed by atoms with Gasteiger partial charge < -0.3 is 0 Å². The second-order valence-corrected chi connectivity index (χ2v) is 6.05. The van der Waals surface area contributed by atoms with Crippen molar-refractivity contribution in [1.82, 2.24) is 0 Å². The van der Waals surface area contributed by atoms with Crippen LogP contribution in [0.5, 0.6) is 0 Å². The van der Waals surface area contributed by atoms with Crippen LogP contribution in [-0.2, 0) is 12.8 Å². The Bertz CT molecular complexity index is 507. The van der Waals surface area contributed by atoms with E-state index in [4.69, 9.17) is 0 Å². The third kappa shape index (κ3) is 1.78. The van der Waals surface area contributed by atoms with Crippen molar-refractivity contribution in [3.05, 3.63) is 34.2 Å². The lowest BCUT2D eigenvalue weighted by molar-refractivity contribution is 0.624. The van der Waals surface area contributed by atoms with Gasteiger partial charge in [0, 0.05) is 9.58 Å². The Labute approximate surface area is 101 Å². The maximum absolute atomic E-state index is 2.35. The Morgan fingerprint density at radius 1 is 1.00 bits per heavy atom. The van der Waals surface area contributed by atoms with Gasteiger partial charge >= 0.3 is 0 Å². The van der Waals surface area contributed by atoms with Gasteiger partial charge in [-0.25, -0.2) is 0 Å². The highest BCUT2D eigenvalue weighted by Crippen LogP contribution is 2.35. The van der Waals surface area contributed by atoms with Crippen LogP contribution in [0.15, 0.2) is 18.2 Å². The van der Waals surface area contributed by atoms with Gasteiger partial charge in [-0.15, -0.1) is 11.3 Å². The summed E-state index contributed by atoms with van der Waals surface area (Å²) in [6.07, 6.45) is 8.23. The Balaban J connectivity index is 2.16. The normalized spacial score (nSPS) is 16.8. The molecule has 1 aliphatic rings. The van der Waals surface area contributed by atoms with Crippen LogP contribution in [0, 0.1) is 6.92 Å². The predicted molar refractivity (Wildman–Crippen MR) is 72.4 cm³/mol. The Hall–Kier alpha value is -0.820. The Morgan fingerprint density at radius 3 is 2.69 bits per heavy atom. The number of thiophene rings is 1. The molecule has 1 heterocycles. The molecule has 0 N–H and O–H groups in total. The van der Waals surface area contributed by atoms with Crippen LogP contribution in [0.1, 0.15) is 41.7 Å². The van der Waals surface area contributed by atoms with Gasteiger partial charge in [-0.3, -0.25) is 0 Å². The fourth-order valence-electron chi connectivity index (χ4n) is 2.72. The minimum absolute atomic E-state index is 1.30. The summed E-state index contributed by atoms with van der Waals surface area (Å²) in [5.41, 5.74) is 3.06. The monoisotopic (exact) mass is 230 g/mol. The van der Waals surface area contributed by atoms with Gasteiger partial charge in [0.1, 0.15) is 0 Å². The quantitative estimate of drug-likeness (QED) is 0.606. The van der Waals surface area contributed by atoms with Crippen LogP contribution in [0.2, 0.25) is 0 Å². The zero-order chi connectivity index (χ0) is 11.0. The second kappa shape index (κ2) is 4.21. The first-order chi connectivity index (χ1) is 7.84. The summed E-state index contributed by atoms with van der Waals surface area (Å²) in [5.74, 6) is 0. The molecule has 1 aromatic carbocycles. The summed E-state index contributed by atoms with van der Waals surface area (Å²) in [5, 5.41) is 1.53. The number of aryl methyl sites for hydroxylation is 3. The number of rotatable bonds is 0. The van der Waals surface area contributed by atoms with E-state index in [9.17, 15) is 0 Å². The van der Waals surface area contributed by atoms with Crippen molar-refractivity contribution in [3.63, 3.8) is 0 Å². The van der Waals surface area contributed by atoms with Gasteiger partial charge in [-0.05, 0) is 55.2 Å². The first-order valence-electron chi connectivity index (χ1n) is 6.35. The first kappa shape index (κ1) is 10.3. The SMILES string of the molecule is Cc1ccc2c3c(sc2c1)CCCCCC3. The maximum Gasteiger partial charge on any atom is 0.0351 e. The van der Waals surface area contributed by atoms with E-state index in [0.717, 1.165) is 0 Å². The van der Waals surface area contributed by atoms with E-state index >= 15 is 0 Å². The minimum Gasteiger partial charge on any atom is -0.140 e. The van der Waals surface area contributed by atoms with Crippen LogP contribution in [0.3, 0.4) is 0 Å². The molecule has 0 saturated carbocycles. The van der Waals surface area contributed by atoms with Crippen molar-refractivity contribution in [2.24, 2.45) is 0 Å². The van der Waals surface area contributed by atoms with E-state index < -0.39 is 0 Å². The zero-order valence-corrected chi connectivity index (χ0v) is 10.7. The second-order valence-electron chi connectivity index (χ2n) is 4.92. The van der Waals surface area contributed by atoms with Crippen LogP contribution in [0.4, 0.5) is 0 Å². The fourth-order valence-corrected chi connectivity index (χ4v) is 4.12. The van der Waals surface area contributed by atoms with Crippen LogP contribution < -0.4 is 0 Å². The van der Waals surface area contributed by atoms with E-state index in [0.29, 0.717) is 0 Å². The summed E-state index contributed by atoms with van der Waals surface area (Å²) in [7, 11) is 0. The van der Waals surface area contributed by atoms with Crippen LogP contribution in [-0.4, -0.2) is 0 Å². The molecule has 16 heavy (non-hydrogen) atoms. The number of hydrogen-bond donors (Lipinski definition) is 0. The molecular formula is C15H18S. The minimum atomic E-state index is 1.30. The fraction of sp³-hybridized carbons (Fsp3) is 0.467. The van der Waals surface area contributed by atoms with Gasteiger partial charge in [-0.2, -0.15) is 0 Å². The van der Waals surface area contributed by atoms with Crippen molar-refractivity contribution >= 4 is 21.4 Å². The summed E-state index contributed by atoms with van der Waals surface area (Å²) < 4.78 is 1.51. The lowest BCUT2D eigenvalue weighted by Gasteiger charge is -2.09. The van der Waals surface area contributed by atoms with E-state index in [1.165, 1.54) is 54.2 Å². The van der Waals surface area contributed by atoms with E-state index in [2.05, 4.69) is 25.1 Å². The number of hydrogen-bond acceptors (Lipinski definition) is 1. The summed E-state index contributed by atoms with van der Waals surface area (Å²) in [4.78, 5) is 1.67. The molecule has 0 amide bonds. The topological polar surface area (TPSA) is 0 Å². The molecule has 1 aliphatic carbocycles. The highest BCUT2D eigenvalue weighted by molar-refractivity contribution is 7.19. The number of fused-ring (bicyclic) bond motifs is 3. The van der Waals surface area contributed by atoms with Gasteiger partial charge in [0.05, 0.1) is 0 Å². The Morgan fingerprint density at radius 2 is 1.81 bits per heavy atom. The predicted octanol–water partition coefficient (Wildman–Crippen LogP) is 4.87. The molecule has 0 nitrogen and oxygen atoms in total. The van der Waals surface area contributed by atoms with Gasteiger partial charge in [-0.1, -0.05) is 25.0 Å². The van der Waals surface area contributed by atoms with E-state index in [1.54, 1.807) is 10.4 Å². The molecule has 1 heteroatoms. The summed E-state index contributed by atoms with van der Waals surface area (Å²) in [6, 6.07) is 6.95. The van der Waals surface area contributed by atoms with Gasteiger partial charge in [0.2, 0.25) is 0 Å². The first-order valence-corrected chi connectivity index (χ1v) is 7.17. The number of benzene rings is 1. The Kier molecular flexibility index (Phi) is 2.72. The molecule has 0 unspecified atom stereocenters. The average Bonchev–Trinajstić information content (AvgIpc) is 2.55. The van der Waals surface area contributed by atoms with Crippen LogP contribution in [0.25, 0.3) is 10.1 Å². The third-order valence-corrected chi connectivity index (χ3v) is 4.87. The molecule has 0 saturated heterocycles. The van der Waals surface area contributed by atoms with E-state index in [-0.39, 0.29) is 0 Å². The lowest BCUT2D eigenvalue weighted by atomic mass is 9.97. The molecule has 2 aromatic rings. The molecular weight excluding hydrogens is 212 g/mol. The molecule has 0 spiro atoms. The van der Waals surface area contributed by atoms with Crippen LogP contribution >= 0.6 is 11.3 Å². The van der Waals surface area contributed by atoms with Crippen molar-refractivity contribution in [1.29, 1.82) is 0 Å². The molecule has 84 valence electrons. The molecule has 0 radical (unpaired) electrons. The zero-order valence-electron chi connectivity index (χ0n) is 9.88. The van der Waals surface area contributed by atoms with Crippen molar-refractivity contribution in [3.8, 4) is 0 Å². The van der Waals surface area contributed by atoms with Crippen molar-refractivity contribution < 1.29 is 0 Å². The van der Waals surface area contributed by atoms with E-state index in [1.807, 2.05) is 11.3 Å². The molecule has 0 atom stereocenters. The van der Waals surface area contributed by atoms with Gasteiger partial charge in [0.15, 0.2) is 0 Å².